The fourth-order valence-electron chi connectivity index (χ4n) is 2.05. The Labute approximate surface area is 89.4 Å². The maximum absolute atomic E-state index is 11.2. The number of hydrogen-bond acceptors (Lipinski definition) is 2. The molecule has 15 heavy (non-hydrogen) atoms. The summed E-state index contributed by atoms with van der Waals surface area (Å²) in [5, 5.41) is 2.67. The molecule has 1 aliphatic heterocycles. The minimum absolute atomic E-state index is 0.327. The fraction of sp³-hybridized carbons (Fsp3) is 0.417. The van der Waals surface area contributed by atoms with Crippen molar-refractivity contribution in [2.75, 3.05) is 6.54 Å². The largest absolute Gasteiger partial charge is 0.438 e. The first-order valence-electron chi connectivity index (χ1n) is 5.15. The summed E-state index contributed by atoms with van der Waals surface area (Å²) in [6.07, 6.45) is 0.482. The molecular weight excluding hydrogens is 190 g/mol. The average Bonchev–Trinajstić information content (AvgIpc) is 2.17. The van der Waals surface area contributed by atoms with Gasteiger partial charge in [0.05, 0.1) is 0 Å². The van der Waals surface area contributed by atoms with E-state index in [0.717, 1.165) is 17.5 Å². The van der Waals surface area contributed by atoms with Gasteiger partial charge in [0.2, 0.25) is 0 Å². The number of aryl methyl sites for hydroxylation is 1. The zero-order valence-electron chi connectivity index (χ0n) is 9.04. The second-order valence-corrected chi connectivity index (χ2v) is 4.11. The summed E-state index contributed by atoms with van der Waals surface area (Å²) in [6, 6.07) is 8.03. The van der Waals surface area contributed by atoms with Gasteiger partial charge in [0.25, 0.3) is 0 Å². The lowest BCUT2D eigenvalue weighted by Crippen LogP contribution is -2.43. The fourth-order valence-corrected chi connectivity index (χ4v) is 2.05. The SMILES string of the molecule is Cc1ccccc1C1(C)CCNC(=O)O1. The number of nitrogens with one attached hydrogen (secondary N) is 1. The number of rotatable bonds is 1. The second-order valence-electron chi connectivity index (χ2n) is 4.11. The molecular formula is C12H15NO2. The summed E-state index contributed by atoms with van der Waals surface area (Å²) in [5.41, 5.74) is 1.78. The van der Waals surface area contributed by atoms with Crippen molar-refractivity contribution in [3.05, 3.63) is 35.4 Å². The Morgan fingerprint density at radius 3 is 2.80 bits per heavy atom. The van der Waals surface area contributed by atoms with Crippen LogP contribution in [0.3, 0.4) is 0 Å². The van der Waals surface area contributed by atoms with Crippen molar-refractivity contribution >= 4 is 6.09 Å². The molecule has 3 heteroatoms. The van der Waals surface area contributed by atoms with Crippen molar-refractivity contribution in [1.29, 1.82) is 0 Å². The lowest BCUT2D eigenvalue weighted by atomic mass is 9.88. The number of cyclic esters (lactones) is 1. The normalized spacial score (nSPS) is 25.6. The van der Waals surface area contributed by atoms with Crippen LogP contribution in [-0.4, -0.2) is 12.6 Å². The summed E-state index contributed by atoms with van der Waals surface area (Å²) in [7, 11) is 0. The van der Waals surface area contributed by atoms with E-state index in [2.05, 4.69) is 5.32 Å². The van der Waals surface area contributed by atoms with Gasteiger partial charge in [0.15, 0.2) is 0 Å². The summed E-state index contributed by atoms with van der Waals surface area (Å²) in [6.45, 7) is 4.67. The summed E-state index contributed by atoms with van der Waals surface area (Å²) in [5.74, 6) is 0. The van der Waals surface area contributed by atoms with Gasteiger partial charge in [0.1, 0.15) is 5.60 Å². The lowest BCUT2D eigenvalue weighted by Gasteiger charge is -2.35. The van der Waals surface area contributed by atoms with E-state index in [0.29, 0.717) is 6.54 Å². The standard InChI is InChI=1S/C12H15NO2/c1-9-5-3-4-6-10(9)12(2)7-8-13-11(14)15-12/h3-6H,7-8H2,1-2H3,(H,13,14). The van der Waals surface area contributed by atoms with Crippen molar-refractivity contribution in [3.8, 4) is 0 Å². The molecule has 1 unspecified atom stereocenters. The minimum Gasteiger partial charge on any atom is -0.438 e. The zero-order chi connectivity index (χ0) is 10.9. The highest BCUT2D eigenvalue weighted by Gasteiger charge is 2.35. The maximum atomic E-state index is 11.2. The third kappa shape index (κ3) is 1.82. The molecule has 1 atom stereocenters. The number of alkyl carbamates (subject to hydrolysis) is 1. The van der Waals surface area contributed by atoms with Crippen LogP contribution in [0.4, 0.5) is 4.79 Å². The molecule has 0 spiro atoms. The molecule has 0 radical (unpaired) electrons. The van der Waals surface area contributed by atoms with Gasteiger partial charge in [-0.05, 0) is 25.0 Å². The van der Waals surface area contributed by atoms with Crippen LogP contribution in [0, 0.1) is 6.92 Å². The Hall–Kier alpha value is -1.51. The van der Waals surface area contributed by atoms with Crippen LogP contribution in [0.15, 0.2) is 24.3 Å². The summed E-state index contributed by atoms with van der Waals surface area (Å²) in [4.78, 5) is 11.2. The predicted molar refractivity (Wildman–Crippen MR) is 57.6 cm³/mol. The quantitative estimate of drug-likeness (QED) is 0.764. The van der Waals surface area contributed by atoms with E-state index in [4.69, 9.17) is 4.74 Å². The van der Waals surface area contributed by atoms with Gasteiger partial charge in [-0.2, -0.15) is 0 Å². The lowest BCUT2D eigenvalue weighted by molar-refractivity contribution is -0.00314. The van der Waals surface area contributed by atoms with Crippen molar-refractivity contribution < 1.29 is 9.53 Å². The van der Waals surface area contributed by atoms with E-state index in [1.807, 2.05) is 38.1 Å². The zero-order valence-corrected chi connectivity index (χ0v) is 9.04. The Balaban J connectivity index is 2.36. The van der Waals surface area contributed by atoms with E-state index in [1.54, 1.807) is 0 Å². The van der Waals surface area contributed by atoms with Crippen molar-refractivity contribution in [3.63, 3.8) is 0 Å². The van der Waals surface area contributed by atoms with E-state index < -0.39 is 5.60 Å². The molecule has 0 aliphatic carbocycles. The van der Waals surface area contributed by atoms with Crippen molar-refractivity contribution in [2.45, 2.75) is 25.9 Å². The molecule has 1 fully saturated rings. The highest BCUT2D eigenvalue weighted by atomic mass is 16.6. The number of ether oxygens (including phenoxy) is 1. The molecule has 1 saturated heterocycles. The van der Waals surface area contributed by atoms with Crippen LogP contribution in [0.25, 0.3) is 0 Å². The Morgan fingerprint density at radius 1 is 1.40 bits per heavy atom. The van der Waals surface area contributed by atoms with E-state index in [1.165, 1.54) is 0 Å². The maximum Gasteiger partial charge on any atom is 0.408 e. The molecule has 1 aromatic rings. The molecule has 1 heterocycles. The molecule has 1 aromatic carbocycles. The van der Waals surface area contributed by atoms with Gasteiger partial charge in [-0.15, -0.1) is 0 Å². The smallest absolute Gasteiger partial charge is 0.408 e. The summed E-state index contributed by atoms with van der Waals surface area (Å²) >= 11 is 0. The Kier molecular flexibility index (Phi) is 2.39. The van der Waals surface area contributed by atoms with Crippen LogP contribution >= 0.6 is 0 Å². The minimum atomic E-state index is -0.478. The molecule has 2 rings (SSSR count). The molecule has 0 bridgehead atoms. The summed E-state index contributed by atoms with van der Waals surface area (Å²) < 4.78 is 5.39. The average molecular weight is 205 g/mol. The van der Waals surface area contributed by atoms with Crippen molar-refractivity contribution in [2.24, 2.45) is 0 Å². The van der Waals surface area contributed by atoms with Crippen LogP contribution in [0.2, 0.25) is 0 Å². The molecule has 1 amide bonds. The second kappa shape index (κ2) is 3.57. The monoisotopic (exact) mass is 205 g/mol. The third-order valence-corrected chi connectivity index (χ3v) is 2.90. The number of carbonyl (C=O) groups is 1. The van der Waals surface area contributed by atoms with E-state index in [9.17, 15) is 4.79 Å². The highest BCUT2D eigenvalue weighted by Crippen LogP contribution is 2.32. The van der Waals surface area contributed by atoms with Gasteiger partial charge >= 0.3 is 6.09 Å². The molecule has 80 valence electrons. The molecule has 1 N–H and O–H groups in total. The van der Waals surface area contributed by atoms with Gasteiger partial charge in [-0.25, -0.2) is 4.79 Å². The first kappa shape index (κ1) is 10.0. The molecule has 1 aliphatic rings. The van der Waals surface area contributed by atoms with Gasteiger partial charge in [-0.1, -0.05) is 24.3 Å². The number of carbonyl (C=O) groups excluding carboxylic acids is 1. The van der Waals surface area contributed by atoms with Crippen LogP contribution in [0.1, 0.15) is 24.5 Å². The first-order valence-corrected chi connectivity index (χ1v) is 5.15. The molecule has 3 nitrogen and oxygen atoms in total. The third-order valence-electron chi connectivity index (χ3n) is 2.90. The predicted octanol–water partition coefficient (Wildman–Crippen LogP) is 2.34. The van der Waals surface area contributed by atoms with Crippen LogP contribution in [-0.2, 0) is 10.3 Å². The van der Waals surface area contributed by atoms with Gasteiger partial charge in [0, 0.05) is 13.0 Å². The van der Waals surface area contributed by atoms with Crippen LogP contribution in [0.5, 0.6) is 0 Å². The topological polar surface area (TPSA) is 38.3 Å². The van der Waals surface area contributed by atoms with Crippen LogP contribution < -0.4 is 5.32 Å². The van der Waals surface area contributed by atoms with Gasteiger partial charge in [-0.3, -0.25) is 0 Å². The van der Waals surface area contributed by atoms with E-state index in [-0.39, 0.29) is 6.09 Å². The Morgan fingerprint density at radius 2 is 2.13 bits per heavy atom. The number of hydrogen-bond donors (Lipinski definition) is 1. The molecule has 0 saturated carbocycles. The number of benzene rings is 1. The van der Waals surface area contributed by atoms with Gasteiger partial charge < -0.3 is 10.1 Å². The highest BCUT2D eigenvalue weighted by molar-refractivity contribution is 5.69. The molecule has 0 aromatic heterocycles. The number of amides is 1. The van der Waals surface area contributed by atoms with Crippen molar-refractivity contribution in [1.82, 2.24) is 5.32 Å². The first-order chi connectivity index (χ1) is 7.12. The van der Waals surface area contributed by atoms with E-state index >= 15 is 0 Å². The Bertz CT molecular complexity index is 389.